The van der Waals surface area contributed by atoms with Crippen LogP contribution in [0.15, 0.2) is 105 Å². The maximum absolute atomic E-state index is 11.8. The summed E-state index contributed by atoms with van der Waals surface area (Å²) in [6.07, 6.45) is 26.9. The lowest BCUT2D eigenvalue weighted by molar-refractivity contribution is -0.419. The lowest BCUT2D eigenvalue weighted by Crippen LogP contribution is -2.33. The summed E-state index contributed by atoms with van der Waals surface area (Å²) in [6.45, 7) is 9.57. The van der Waals surface area contributed by atoms with Crippen LogP contribution in [-0.2, 0) is 28.5 Å². The van der Waals surface area contributed by atoms with Gasteiger partial charge in [0.15, 0.2) is 0 Å². The van der Waals surface area contributed by atoms with Gasteiger partial charge in [-0.15, -0.1) is 11.6 Å². The number of azo groups is 2. The summed E-state index contributed by atoms with van der Waals surface area (Å²) in [5.41, 5.74) is 1.40. The van der Waals surface area contributed by atoms with Crippen LogP contribution in [0.5, 0.6) is 0 Å². The van der Waals surface area contributed by atoms with Crippen LogP contribution < -0.4 is 0 Å². The van der Waals surface area contributed by atoms with Crippen molar-refractivity contribution >= 4 is 23.5 Å². The number of ether oxygens (including phenoxy) is 4. The van der Waals surface area contributed by atoms with Crippen LogP contribution in [0.3, 0.4) is 0 Å². The van der Waals surface area contributed by atoms with E-state index in [4.69, 9.17) is 45.9 Å². The number of hydrogen-bond acceptors (Lipinski definition) is 13. The Kier molecular flexibility index (Phi) is 17.9. The summed E-state index contributed by atoms with van der Waals surface area (Å²) in [4.78, 5) is 36.4. The molecule has 0 aliphatic heterocycles. The van der Waals surface area contributed by atoms with Gasteiger partial charge in [-0.1, -0.05) is 71.1 Å². The number of nitrogens with zero attached hydrogens (tertiary/aromatic N) is 6. The number of allylic oxidation sites excluding steroid dienone is 2. The van der Waals surface area contributed by atoms with Crippen molar-refractivity contribution in [3.63, 3.8) is 0 Å². The largest absolute Gasteiger partial charge is 0.491 e. The zero-order chi connectivity index (χ0) is 41.3. The molecule has 2 saturated carbocycles. The van der Waals surface area contributed by atoms with Crippen molar-refractivity contribution in [3.8, 4) is 0 Å². The standard InChI is InChI=1S/C43H59ClN6O8/c1-4-42(51)55-22-20-49(21-23-56-43(52)5-2)33-16-18-36(30(3)24-33)45-47-38-26-41(58-29-32-14-10-7-11-15-32)39(27-40(38)57-28-31-12-8-6-9-13-31)48-46-37-19-17-34(50(53)54)25-35(37)44/h4,16-19,24-27,30-32,35-37,39,41H,1,5-15,20-23,28-29H2,2-3H3/b47-45+,48-46+. The normalized spacial score (nSPS) is 26.7. The summed E-state index contributed by atoms with van der Waals surface area (Å²) in [7, 11) is 0. The number of rotatable bonds is 20. The molecule has 5 aliphatic carbocycles. The van der Waals surface area contributed by atoms with E-state index in [0.717, 1.165) is 37.5 Å². The van der Waals surface area contributed by atoms with Gasteiger partial charge >= 0.3 is 11.9 Å². The first-order valence-electron chi connectivity index (χ1n) is 20.9. The molecule has 0 bridgehead atoms. The van der Waals surface area contributed by atoms with Crippen molar-refractivity contribution in [1.82, 2.24) is 4.90 Å². The highest BCUT2D eigenvalue weighted by Gasteiger charge is 2.31. The monoisotopic (exact) mass is 822 g/mol. The molecule has 0 saturated heterocycles. The smallest absolute Gasteiger partial charge is 0.330 e. The second-order valence-corrected chi connectivity index (χ2v) is 16.0. The molecule has 0 radical (unpaired) electrons. The first-order chi connectivity index (χ1) is 28.1. The van der Waals surface area contributed by atoms with Crippen molar-refractivity contribution < 1.29 is 33.5 Å². The summed E-state index contributed by atoms with van der Waals surface area (Å²) in [6, 6.07) is -1.39. The molecule has 2 fully saturated rings. The molecule has 6 unspecified atom stereocenters. The first-order valence-corrected chi connectivity index (χ1v) is 21.3. The Labute approximate surface area is 347 Å². The van der Waals surface area contributed by atoms with Crippen molar-refractivity contribution in [2.75, 3.05) is 39.5 Å². The second kappa shape index (κ2) is 23.2. The van der Waals surface area contributed by atoms with Gasteiger partial charge in [-0.05, 0) is 61.8 Å². The van der Waals surface area contributed by atoms with Gasteiger partial charge in [-0.2, -0.15) is 20.5 Å². The van der Waals surface area contributed by atoms with E-state index in [0.29, 0.717) is 56.0 Å². The van der Waals surface area contributed by atoms with Gasteiger partial charge < -0.3 is 23.8 Å². The lowest BCUT2D eigenvalue weighted by Gasteiger charge is -2.30. The molecule has 5 rings (SSSR count). The molecule has 0 spiro atoms. The Balaban J connectivity index is 1.36. The third kappa shape index (κ3) is 13.9. The molecule has 58 heavy (non-hydrogen) atoms. The molecule has 0 N–H and O–H groups in total. The number of alkyl halides is 1. The van der Waals surface area contributed by atoms with E-state index in [1.807, 2.05) is 29.2 Å². The maximum atomic E-state index is 11.8. The number of nitro groups is 1. The number of esters is 2. The van der Waals surface area contributed by atoms with Crippen molar-refractivity contribution in [1.29, 1.82) is 0 Å². The SMILES string of the molecule is C=CC(=O)OCCN(CCOC(=O)CC)C1=CC(C)C(/N=N/C2=CC(OCC3CCCCC3)C(/N=N/C3C=CC([N+](=O)[O-])=CC3Cl)C=C2OCC2CCCCC2)C=C1. The van der Waals surface area contributed by atoms with Crippen LogP contribution in [0.4, 0.5) is 0 Å². The van der Waals surface area contributed by atoms with E-state index >= 15 is 0 Å². The molecule has 316 valence electrons. The first kappa shape index (κ1) is 44.7. The number of hydrogen-bond donors (Lipinski definition) is 0. The van der Waals surface area contributed by atoms with E-state index in [1.165, 1.54) is 50.7 Å². The van der Waals surface area contributed by atoms with Gasteiger partial charge in [0, 0.05) is 36.3 Å². The highest BCUT2D eigenvalue weighted by Crippen LogP contribution is 2.32. The molecular weight excluding hydrogens is 764 g/mol. The van der Waals surface area contributed by atoms with E-state index in [1.54, 1.807) is 13.0 Å². The Morgan fingerprint density at radius 2 is 1.53 bits per heavy atom. The minimum absolute atomic E-state index is 0.0447. The van der Waals surface area contributed by atoms with E-state index < -0.39 is 34.5 Å². The van der Waals surface area contributed by atoms with Crippen LogP contribution in [-0.4, -0.2) is 90.9 Å². The molecule has 0 aromatic carbocycles. The number of halogens is 1. The molecule has 0 aromatic rings. The molecule has 6 atom stereocenters. The fraction of sp³-hybridized carbons (Fsp3) is 0.628. The van der Waals surface area contributed by atoms with Crippen molar-refractivity contribution in [2.45, 2.75) is 114 Å². The summed E-state index contributed by atoms with van der Waals surface area (Å²) < 4.78 is 23.7. The van der Waals surface area contributed by atoms with Crippen LogP contribution in [0.25, 0.3) is 0 Å². The second-order valence-electron chi connectivity index (χ2n) is 15.5. The molecule has 15 heteroatoms. The fourth-order valence-corrected chi connectivity index (χ4v) is 7.88. The topological polar surface area (TPSA) is 167 Å². The van der Waals surface area contributed by atoms with E-state index in [2.05, 4.69) is 24.7 Å². The zero-order valence-corrected chi connectivity index (χ0v) is 34.6. The van der Waals surface area contributed by atoms with Gasteiger partial charge in [-0.25, -0.2) is 4.79 Å². The highest BCUT2D eigenvalue weighted by molar-refractivity contribution is 6.22. The highest BCUT2D eigenvalue weighted by atomic mass is 35.5. The molecule has 14 nitrogen and oxygen atoms in total. The van der Waals surface area contributed by atoms with Crippen molar-refractivity contribution in [3.05, 3.63) is 94.2 Å². The van der Waals surface area contributed by atoms with Gasteiger partial charge in [0.1, 0.15) is 42.9 Å². The molecule has 0 aromatic heterocycles. The van der Waals surface area contributed by atoms with Crippen LogP contribution in [0.2, 0.25) is 0 Å². The van der Waals surface area contributed by atoms with Crippen molar-refractivity contribution in [2.24, 2.45) is 38.2 Å². The zero-order valence-electron chi connectivity index (χ0n) is 33.9. The summed E-state index contributed by atoms with van der Waals surface area (Å²) in [5.74, 6) is 0.646. The molecule has 5 aliphatic rings. The average Bonchev–Trinajstić information content (AvgIpc) is 3.24. The average molecular weight is 823 g/mol. The van der Waals surface area contributed by atoms with Crippen LogP contribution in [0, 0.1) is 27.9 Å². The van der Waals surface area contributed by atoms with Crippen LogP contribution in [0.1, 0.15) is 84.5 Å². The maximum Gasteiger partial charge on any atom is 0.330 e. The van der Waals surface area contributed by atoms with Gasteiger partial charge in [0.2, 0.25) is 0 Å². The van der Waals surface area contributed by atoms with Gasteiger partial charge in [0.05, 0.1) is 42.6 Å². The number of carbonyl (C=O) groups is 2. The third-order valence-corrected chi connectivity index (χ3v) is 11.5. The van der Waals surface area contributed by atoms with Gasteiger partial charge in [-0.3, -0.25) is 14.9 Å². The predicted octanol–water partition coefficient (Wildman–Crippen LogP) is 8.75. The number of carbonyl (C=O) groups excluding carboxylic acids is 2. The predicted molar refractivity (Wildman–Crippen MR) is 220 cm³/mol. The summed E-state index contributed by atoms with van der Waals surface area (Å²) in [5, 5.41) is 29.5. The Bertz CT molecular complexity index is 1680. The minimum atomic E-state index is -0.717. The van der Waals surface area contributed by atoms with E-state index in [9.17, 15) is 19.7 Å². The summed E-state index contributed by atoms with van der Waals surface area (Å²) >= 11 is 6.51. The minimum Gasteiger partial charge on any atom is -0.491 e. The quantitative estimate of drug-likeness (QED) is 0.0291. The molecule has 0 amide bonds. The van der Waals surface area contributed by atoms with E-state index in [-0.39, 0.29) is 36.8 Å². The third-order valence-electron chi connectivity index (χ3n) is 11.1. The molecular formula is C43H59ClN6O8. The Morgan fingerprint density at radius 1 is 0.879 bits per heavy atom. The van der Waals surface area contributed by atoms with Crippen LogP contribution >= 0.6 is 11.6 Å². The Hall–Kier alpha value is -4.43. The van der Waals surface area contributed by atoms with Gasteiger partial charge in [0.25, 0.3) is 5.70 Å². The fourth-order valence-electron chi connectivity index (χ4n) is 7.62. The molecule has 0 heterocycles. The lowest BCUT2D eigenvalue weighted by atomic mass is 9.90. The Morgan fingerprint density at radius 3 is 2.17 bits per heavy atom.